The van der Waals surface area contributed by atoms with Crippen LogP contribution in [-0.4, -0.2) is 37.7 Å². The molecule has 2 aliphatic rings. The first-order valence-electron chi connectivity index (χ1n) is 15.2. The smallest absolute Gasteiger partial charge is 0.266 e. The van der Waals surface area contributed by atoms with Crippen LogP contribution in [0.25, 0.3) is 0 Å². The summed E-state index contributed by atoms with van der Waals surface area (Å²) in [6.07, 6.45) is 28.0. The zero-order chi connectivity index (χ0) is 25.3. The van der Waals surface area contributed by atoms with E-state index in [0.29, 0.717) is 11.8 Å². The summed E-state index contributed by atoms with van der Waals surface area (Å²) in [5.74, 6) is 1.31. The van der Waals surface area contributed by atoms with Gasteiger partial charge in [0, 0.05) is 0 Å². The van der Waals surface area contributed by atoms with Gasteiger partial charge in [-0.05, 0) is 12.8 Å². The van der Waals surface area contributed by atoms with Crippen molar-refractivity contribution in [3.63, 3.8) is 0 Å². The summed E-state index contributed by atoms with van der Waals surface area (Å²) in [5, 5.41) is 0. The van der Waals surface area contributed by atoms with E-state index in [-0.39, 0.29) is 37.7 Å². The van der Waals surface area contributed by atoms with Gasteiger partial charge in [0.1, 0.15) is 0 Å². The fraction of sp³-hybridized carbons (Fsp3) is 0.765. The van der Waals surface area contributed by atoms with Crippen LogP contribution >= 0.6 is 0 Å². The SMILES string of the molecule is CCCC1=[C-]C(CCC)C(CCC)=C1CCC.CCCC1=[C-]C(CCC)C(CCC)=C1CCC.[Ca+2]. The molecule has 2 atom stereocenters. The summed E-state index contributed by atoms with van der Waals surface area (Å²) in [4.78, 5) is 0. The van der Waals surface area contributed by atoms with Crippen molar-refractivity contribution in [1.29, 1.82) is 0 Å². The van der Waals surface area contributed by atoms with Crippen molar-refractivity contribution >= 4 is 37.7 Å². The largest absolute Gasteiger partial charge is 2.00 e. The van der Waals surface area contributed by atoms with Crippen LogP contribution in [0.2, 0.25) is 0 Å². The molecule has 0 N–H and O–H groups in total. The molecule has 0 amide bonds. The second-order valence-electron chi connectivity index (χ2n) is 10.4. The monoisotopic (exact) mass is 506 g/mol. The fourth-order valence-electron chi connectivity index (χ4n) is 5.91. The Hall–Kier alpha value is 0.220. The van der Waals surface area contributed by atoms with Gasteiger partial charge in [-0.15, -0.1) is 0 Å². The van der Waals surface area contributed by atoms with Gasteiger partial charge in [-0.3, -0.25) is 12.2 Å². The average molecular weight is 507 g/mol. The van der Waals surface area contributed by atoms with Crippen molar-refractivity contribution in [2.24, 2.45) is 11.8 Å². The molecule has 0 aromatic heterocycles. The van der Waals surface area contributed by atoms with E-state index in [1.54, 1.807) is 33.4 Å². The number of hydrogen-bond acceptors (Lipinski definition) is 0. The van der Waals surface area contributed by atoms with Crippen LogP contribution in [0.15, 0.2) is 33.4 Å². The van der Waals surface area contributed by atoms with Gasteiger partial charge in [-0.25, -0.2) is 11.1 Å². The molecule has 0 aromatic carbocycles. The minimum atomic E-state index is 0. The molecule has 0 saturated carbocycles. The molecule has 35 heavy (non-hydrogen) atoms. The number of rotatable bonds is 16. The van der Waals surface area contributed by atoms with Crippen molar-refractivity contribution in [3.8, 4) is 0 Å². The van der Waals surface area contributed by atoms with E-state index < -0.39 is 0 Å². The quantitative estimate of drug-likeness (QED) is 0.144. The summed E-state index contributed by atoms with van der Waals surface area (Å²) in [7, 11) is 0. The Morgan fingerprint density at radius 3 is 1.00 bits per heavy atom. The van der Waals surface area contributed by atoms with Crippen LogP contribution in [0.1, 0.15) is 158 Å². The molecule has 196 valence electrons. The molecule has 0 radical (unpaired) electrons. The molecule has 0 saturated heterocycles. The zero-order valence-electron chi connectivity index (χ0n) is 25.2. The molecule has 0 bridgehead atoms. The van der Waals surface area contributed by atoms with Crippen LogP contribution in [0.5, 0.6) is 0 Å². The van der Waals surface area contributed by atoms with Gasteiger partial charge < -0.3 is 0 Å². The van der Waals surface area contributed by atoms with Gasteiger partial charge in [0.25, 0.3) is 0 Å². The molecule has 2 unspecified atom stereocenters. The predicted octanol–water partition coefficient (Wildman–Crippen LogP) is 11.3. The van der Waals surface area contributed by atoms with Crippen LogP contribution in [0.3, 0.4) is 0 Å². The third-order valence-electron chi connectivity index (χ3n) is 7.24. The first-order chi connectivity index (χ1) is 16.6. The molecular formula is C34H58Ca. The van der Waals surface area contributed by atoms with E-state index in [9.17, 15) is 0 Å². The number of hydrogen-bond donors (Lipinski definition) is 0. The minimum absolute atomic E-state index is 0. The minimum Gasteiger partial charge on any atom is -0.266 e. The van der Waals surface area contributed by atoms with Crippen molar-refractivity contribution < 1.29 is 0 Å². The van der Waals surface area contributed by atoms with E-state index in [1.165, 1.54) is 103 Å². The Kier molecular flexibility index (Phi) is 21.3. The summed E-state index contributed by atoms with van der Waals surface area (Å²) in [5.41, 5.74) is 9.98. The standard InChI is InChI=1S/2C17H29.Ca/c2*1-5-9-14-13-15(10-6-2)17(12-8-4)16(14)11-7-3;/h2*14H,5-12H2,1-4H3;/q2*-1;+2. The normalized spacial score (nSPS) is 19.4. The van der Waals surface area contributed by atoms with Crippen molar-refractivity contribution in [3.05, 3.63) is 45.6 Å². The van der Waals surface area contributed by atoms with Gasteiger partial charge in [0.15, 0.2) is 0 Å². The molecule has 2 aliphatic carbocycles. The Morgan fingerprint density at radius 2 is 0.743 bits per heavy atom. The van der Waals surface area contributed by atoms with Crippen LogP contribution in [0, 0.1) is 24.0 Å². The molecule has 0 fully saturated rings. The van der Waals surface area contributed by atoms with E-state index in [1.807, 2.05) is 0 Å². The van der Waals surface area contributed by atoms with Crippen molar-refractivity contribution in [1.82, 2.24) is 0 Å². The van der Waals surface area contributed by atoms with Crippen molar-refractivity contribution in [2.75, 3.05) is 0 Å². The van der Waals surface area contributed by atoms with Crippen molar-refractivity contribution in [2.45, 2.75) is 158 Å². The summed E-state index contributed by atoms with van der Waals surface area (Å²) >= 11 is 0. The fourth-order valence-corrected chi connectivity index (χ4v) is 5.91. The molecule has 0 heterocycles. The van der Waals surface area contributed by atoms with E-state index >= 15 is 0 Å². The summed E-state index contributed by atoms with van der Waals surface area (Å²) in [6, 6.07) is 0. The molecular weight excluding hydrogens is 448 g/mol. The molecule has 2 rings (SSSR count). The Bertz CT molecular complexity index is 627. The first kappa shape index (κ1) is 35.2. The van der Waals surface area contributed by atoms with Gasteiger partial charge in [-0.2, -0.15) is 22.3 Å². The third-order valence-corrected chi connectivity index (χ3v) is 7.24. The van der Waals surface area contributed by atoms with Gasteiger partial charge in [0.2, 0.25) is 0 Å². The number of allylic oxidation sites excluding steroid dienone is 8. The maximum Gasteiger partial charge on any atom is 2.00 e. The second kappa shape index (κ2) is 21.2. The Balaban J connectivity index is 0.000000642. The maximum absolute atomic E-state index is 3.81. The van der Waals surface area contributed by atoms with Crippen LogP contribution < -0.4 is 0 Å². The van der Waals surface area contributed by atoms with Gasteiger partial charge in [-0.1, -0.05) is 157 Å². The second-order valence-corrected chi connectivity index (χ2v) is 10.4. The van der Waals surface area contributed by atoms with Gasteiger partial charge in [0.05, 0.1) is 0 Å². The van der Waals surface area contributed by atoms with E-state index in [0.717, 1.165) is 0 Å². The first-order valence-corrected chi connectivity index (χ1v) is 15.2. The third kappa shape index (κ3) is 11.2. The molecule has 1 heteroatoms. The average Bonchev–Trinajstić information content (AvgIpc) is 3.29. The van der Waals surface area contributed by atoms with E-state index in [4.69, 9.17) is 0 Å². The van der Waals surface area contributed by atoms with E-state index in [2.05, 4.69) is 67.5 Å². The van der Waals surface area contributed by atoms with Gasteiger partial charge >= 0.3 is 37.7 Å². The molecule has 0 aliphatic heterocycles. The Labute approximate surface area is 251 Å². The molecule has 0 aromatic rings. The zero-order valence-corrected chi connectivity index (χ0v) is 27.4. The molecule has 0 nitrogen and oxygen atoms in total. The molecule has 0 spiro atoms. The summed E-state index contributed by atoms with van der Waals surface area (Å²) in [6.45, 7) is 18.4. The van der Waals surface area contributed by atoms with Crippen LogP contribution in [-0.2, 0) is 0 Å². The summed E-state index contributed by atoms with van der Waals surface area (Å²) < 4.78 is 0. The Morgan fingerprint density at radius 1 is 0.429 bits per heavy atom. The van der Waals surface area contributed by atoms with Crippen LogP contribution in [0.4, 0.5) is 0 Å². The topological polar surface area (TPSA) is 0 Å². The maximum atomic E-state index is 3.81. The predicted molar refractivity (Wildman–Crippen MR) is 160 cm³/mol.